The van der Waals surface area contributed by atoms with E-state index in [4.69, 9.17) is 0 Å². The fraction of sp³-hybridized carbons (Fsp3) is 0.800. The lowest BCUT2D eigenvalue weighted by Crippen LogP contribution is -2.25. The monoisotopic (exact) mass is 140 g/mol. The molecule has 0 aliphatic carbocycles. The molecule has 0 rings (SSSR count). The number of rotatable bonds is 1. The SMILES string of the molecule is CC(=O)[C@@H](C)C(F)(F)F. The highest BCUT2D eigenvalue weighted by molar-refractivity contribution is 5.78. The molecule has 0 bridgehead atoms. The van der Waals surface area contributed by atoms with Gasteiger partial charge in [0.2, 0.25) is 0 Å². The number of carbonyl (C=O) groups excluding carboxylic acids is 1. The van der Waals surface area contributed by atoms with E-state index in [9.17, 15) is 18.0 Å². The summed E-state index contributed by atoms with van der Waals surface area (Å²) in [5, 5.41) is 0. The van der Waals surface area contributed by atoms with E-state index in [0.717, 1.165) is 13.8 Å². The average Bonchev–Trinajstić information content (AvgIpc) is 1.62. The fourth-order valence-electron chi connectivity index (χ4n) is 0.230. The minimum atomic E-state index is -4.37. The summed E-state index contributed by atoms with van der Waals surface area (Å²) in [6.07, 6.45) is -4.37. The van der Waals surface area contributed by atoms with Gasteiger partial charge in [-0.15, -0.1) is 0 Å². The van der Waals surface area contributed by atoms with Gasteiger partial charge in [-0.05, 0) is 13.8 Å². The molecule has 0 unspecified atom stereocenters. The molecular weight excluding hydrogens is 133 g/mol. The number of alkyl halides is 3. The number of hydrogen-bond donors (Lipinski definition) is 0. The summed E-state index contributed by atoms with van der Waals surface area (Å²) in [7, 11) is 0. The van der Waals surface area contributed by atoms with Crippen molar-refractivity contribution in [1.82, 2.24) is 0 Å². The van der Waals surface area contributed by atoms with Crippen LogP contribution in [0.5, 0.6) is 0 Å². The topological polar surface area (TPSA) is 17.1 Å². The molecule has 0 radical (unpaired) electrons. The second-order valence-corrected chi connectivity index (χ2v) is 1.87. The van der Waals surface area contributed by atoms with Crippen molar-refractivity contribution in [3.05, 3.63) is 0 Å². The molecule has 0 heterocycles. The van der Waals surface area contributed by atoms with Gasteiger partial charge in [-0.25, -0.2) is 0 Å². The third kappa shape index (κ3) is 2.49. The fourth-order valence-corrected chi connectivity index (χ4v) is 0.230. The summed E-state index contributed by atoms with van der Waals surface area (Å²) in [6, 6.07) is 0. The molecule has 0 aromatic carbocycles. The van der Waals surface area contributed by atoms with Gasteiger partial charge in [0.1, 0.15) is 11.7 Å². The molecule has 0 aliphatic heterocycles. The van der Waals surface area contributed by atoms with Gasteiger partial charge in [-0.2, -0.15) is 13.2 Å². The molecule has 9 heavy (non-hydrogen) atoms. The number of Topliss-reactive ketones (excluding diaryl/α,β-unsaturated/α-hetero) is 1. The van der Waals surface area contributed by atoms with Gasteiger partial charge in [0, 0.05) is 0 Å². The van der Waals surface area contributed by atoms with Crippen molar-refractivity contribution in [2.45, 2.75) is 20.0 Å². The van der Waals surface area contributed by atoms with Gasteiger partial charge < -0.3 is 0 Å². The lowest BCUT2D eigenvalue weighted by atomic mass is 10.1. The van der Waals surface area contributed by atoms with E-state index in [1.165, 1.54) is 0 Å². The largest absolute Gasteiger partial charge is 0.398 e. The highest BCUT2D eigenvalue weighted by Gasteiger charge is 2.38. The van der Waals surface area contributed by atoms with E-state index in [1.54, 1.807) is 0 Å². The molecule has 0 aromatic rings. The second-order valence-electron chi connectivity index (χ2n) is 1.87. The Kier molecular flexibility index (Phi) is 2.23. The van der Waals surface area contributed by atoms with E-state index in [2.05, 4.69) is 0 Å². The smallest absolute Gasteiger partial charge is 0.299 e. The van der Waals surface area contributed by atoms with Crippen LogP contribution < -0.4 is 0 Å². The third-order valence-corrected chi connectivity index (χ3v) is 1.10. The van der Waals surface area contributed by atoms with Crippen LogP contribution in [0.15, 0.2) is 0 Å². The molecule has 54 valence electrons. The van der Waals surface area contributed by atoms with Crippen LogP contribution in [0.4, 0.5) is 13.2 Å². The Bertz CT molecular complexity index is 116. The molecule has 0 saturated carbocycles. The van der Waals surface area contributed by atoms with Gasteiger partial charge in [0.15, 0.2) is 0 Å². The summed E-state index contributed by atoms with van der Waals surface area (Å²) in [5.74, 6) is -2.67. The van der Waals surface area contributed by atoms with Gasteiger partial charge in [-0.3, -0.25) is 4.79 Å². The Morgan fingerprint density at radius 1 is 1.44 bits per heavy atom. The van der Waals surface area contributed by atoms with E-state index in [0.29, 0.717) is 0 Å². The van der Waals surface area contributed by atoms with Crippen molar-refractivity contribution in [2.75, 3.05) is 0 Å². The first kappa shape index (κ1) is 8.46. The Labute approximate surface area is 50.9 Å². The van der Waals surface area contributed by atoms with Gasteiger partial charge in [0.25, 0.3) is 0 Å². The molecule has 4 heteroatoms. The van der Waals surface area contributed by atoms with E-state index in [1.807, 2.05) is 0 Å². The lowest BCUT2D eigenvalue weighted by molar-refractivity contribution is -0.176. The molecule has 0 spiro atoms. The van der Waals surface area contributed by atoms with Crippen molar-refractivity contribution in [1.29, 1.82) is 0 Å². The molecule has 0 N–H and O–H groups in total. The highest BCUT2D eigenvalue weighted by atomic mass is 19.4. The second kappa shape index (κ2) is 2.37. The Morgan fingerprint density at radius 2 is 1.78 bits per heavy atom. The summed E-state index contributed by atoms with van der Waals surface area (Å²) in [4.78, 5) is 10.1. The summed E-state index contributed by atoms with van der Waals surface area (Å²) >= 11 is 0. The molecule has 1 nitrogen and oxygen atoms in total. The lowest BCUT2D eigenvalue weighted by Gasteiger charge is -2.10. The van der Waals surface area contributed by atoms with Gasteiger partial charge in [-0.1, -0.05) is 0 Å². The van der Waals surface area contributed by atoms with Crippen LogP contribution in [0.2, 0.25) is 0 Å². The van der Waals surface area contributed by atoms with Crippen LogP contribution in [-0.2, 0) is 4.79 Å². The summed E-state index contributed by atoms with van der Waals surface area (Å²) in [6.45, 7) is 1.78. The van der Waals surface area contributed by atoms with E-state index >= 15 is 0 Å². The molecule has 0 aromatic heterocycles. The molecule has 1 atom stereocenters. The van der Waals surface area contributed by atoms with E-state index < -0.39 is 17.9 Å². The minimum Gasteiger partial charge on any atom is -0.299 e. The number of ketones is 1. The first-order valence-electron chi connectivity index (χ1n) is 2.43. The summed E-state index contributed by atoms with van der Waals surface area (Å²) < 4.78 is 34.4. The van der Waals surface area contributed by atoms with Crippen LogP contribution in [0.25, 0.3) is 0 Å². The van der Waals surface area contributed by atoms with Crippen molar-refractivity contribution >= 4 is 5.78 Å². The van der Waals surface area contributed by atoms with Crippen molar-refractivity contribution in [3.63, 3.8) is 0 Å². The zero-order chi connectivity index (χ0) is 7.65. The average molecular weight is 140 g/mol. The highest BCUT2D eigenvalue weighted by Crippen LogP contribution is 2.25. The molecular formula is C5H7F3O. The normalized spacial score (nSPS) is 15.2. The Hall–Kier alpha value is -0.540. The number of carbonyl (C=O) groups is 1. The maximum Gasteiger partial charge on any atom is 0.398 e. The van der Waals surface area contributed by atoms with Crippen LogP contribution in [0.3, 0.4) is 0 Å². The van der Waals surface area contributed by atoms with Gasteiger partial charge >= 0.3 is 6.18 Å². The Morgan fingerprint density at radius 3 is 1.78 bits per heavy atom. The molecule has 0 fully saturated rings. The predicted octanol–water partition coefficient (Wildman–Crippen LogP) is 1.77. The zero-order valence-electron chi connectivity index (χ0n) is 5.12. The Balaban J connectivity index is 4.04. The first-order chi connectivity index (χ1) is 3.85. The third-order valence-electron chi connectivity index (χ3n) is 1.10. The van der Waals surface area contributed by atoms with Crippen LogP contribution in [-0.4, -0.2) is 12.0 Å². The zero-order valence-corrected chi connectivity index (χ0v) is 5.12. The van der Waals surface area contributed by atoms with Gasteiger partial charge in [0.05, 0.1) is 0 Å². The maximum atomic E-state index is 11.5. The van der Waals surface area contributed by atoms with Crippen molar-refractivity contribution < 1.29 is 18.0 Å². The maximum absolute atomic E-state index is 11.5. The standard InChI is InChI=1S/C5H7F3O/c1-3(4(2)9)5(6,7)8/h3H,1-2H3/t3-/m1/s1. The van der Waals surface area contributed by atoms with Crippen molar-refractivity contribution in [2.24, 2.45) is 5.92 Å². The van der Waals surface area contributed by atoms with E-state index in [-0.39, 0.29) is 0 Å². The van der Waals surface area contributed by atoms with Crippen LogP contribution in [0.1, 0.15) is 13.8 Å². The first-order valence-corrected chi connectivity index (χ1v) is 2.43. The minimum absolute atomic E-state index is 0.845. The van der Waals surface area contributed by atoms with Crippen LogP contribution in [0, 0.1) is 5.92 Å². The predicted molar refractivity (Wildman–Crippen MR) is 25.9 cm³/mol. The molecule has 0 saturated heterocycles. The quantitative estimate of drug-likeness (QED) is 0.542. The molecule has 0 aliphatic rings. The van der Waals surface area contributed by atoms with Crippen LogP contribution >= 0.6 is 0 Å². The summed E-state index contributed by atoms with van der Waals surface area (Å²) in [5.41, 5.74) is 0. The number of hydrogen-bond acceptors (Lipinski definition) is 1. The van der Waals surface area contributed by atoms with Crippen molar-refractivity contribution in [3.8, 4) is 0 Å². The number of halogens is 3. The molecule has 0 amide bonds.